The molecule has 1 atom stereocenters. The van der Waals surface area contributed by atoms with E-state index in [0.717, 1.165) is 42.3 Å². The zero-order valence-corrected chi connectivity index (χ0v) is 13.7. The number of anilines is 1. The van der Waals surface area contributed by atoms with Gasteiger partial charge in [0.2, 0.25) is 5.91 Å². The van der Waals surface area contributed by atoms with Gasteiger partial charge in [0.05, 0.1) is 6.10 Å². The summed E-state index contributed by atoms with van der Waals surface area (Å²) in [4.78, 5) is 12.1. The number of ether oxygens (including phenoxy) is 1. The van der Waals surface area contributed by atoms with Crippen LogP contribution in [0.15, 0.2) is 24.3 Å². The Morgan fingerprint density at radius 3 is 3.00 bits per heavy atom. The van der Waals surface area contributed by atoms with E-state index in [1.165, 1.54) is 12.8 Å². The van der Waals surface area contributed by atoms with Gasteiger partial charge in [-0.1, -0.05) is 6.07 Å². The number of nitrogens with one attached hydrogen (secondary N) is 2. The maximum absolute atomic E-state index is 12.1. The van der Waals surface area contributed by atoms with Crippen LogP contribution in [0.1, 0.15) is 32.1 Å². The molecule has 0 aromatic heterocycles. The molecule has 4 nitrogen and oxygen atoms in total. The van der Waals surface area contributed by atoms with Crippen LogP contribution in [0.25, 0.3) is 0 Å². The van der Waals surface area contributed by atoms with Gasteiger partial charge in [-0.3, -0.25) is 4.79 Å². The Hall–Kier alpha value is -1.20. The van der Waals surface area contributed by atoms with Gasteiger partial charge in [-0.05, 0) is 37.8 Å². The third-order valence-electron chi connectivity index (χ3n) is 4.15. The molecule has 2 fully saturated rings. The van der Waals surface area contributed by atoms with E-state index in [-0.39, 0.29) is 11.9 Å². The lowest BCUT2D eigenvalue weighted by Crippen LogP contribution is -2.39. The zero-order valence-electron chi connectivity index (χ0n) is 12.8. The van der Waals surface area contributed by atoms with Gasteiger partial charge in [0, 0.05) is 42.3 Å². The van der Waals surface area contributed by atoms with E-state index in [0.29, 0.717) is 12.5 Å². The quantitative estimate of drug-likeness (QED) is 0.875. The fraction of sp³-hybridized carbons (Fsp3) is 0.588. The smallest absolute Gasteiger partial charge is 0.225 e. The monoisotopic (exact) mass is 320 g/mol. The Morgan fingerprint density at radius 1 is 1.36 bits per heavy atom. The van der Waals surface area contributed by atoms with Gasteiger partial charge in [0.25, 0.3) is 0 Å². The summed E-state index contributed by atoms with van der Waals surface area (Å²) in [6.07, 6.45) is 5.67. The molecule has 1 amide bonds. The van der Waals surface area contributed by atoms with Gasteiger partial charge in [0.1, 0.15) is 5.75 Å². The number of amides is 1. The summed E-state index contributed by atoms with van der Waals surface area (Å²) in [6, 6.07) is 8.04. The van der Waals surface area contributed by atoms with Crippen LogP contribution in [-0.2, 0) is 4.79 Å². The van der Waals surface area contributed by atoms with Crippen molar-refractivity contribution < 1.29 is 9.53 Å². The van der Waals surface area contributed by atoms with Crippen molar-refractivity contribution in [3.63, 3.8) is 0 Å². The summed E-state index contributed by atoms with van der Waals surface area (Å²) < 4.78 is 5.98. The number of carbonyl (C=O) groups excluding carboxylic acids is 1. The first-order chi connectivity index (χ1) is 10.8. The molecular formula is C17H24N2O2S. The van der Waals surface area contributed by atoms with Crippen molar-refractivity contribution >= 4 is 23.4 Å². The molecule has 1 unspecified atom stereocenters. The van der Waals surface area contributed by atoms with E-state index in [1.807, 2.05) is 36.0 Å². The Bertz CT molecular complexity index is 497. The van der Waals surface area contributed by atoms with Crippen LogP contribution in [0.2, 0.25) is 0 Å². The van der Waals surface area contributed by atoms with Gasteiger partial charge in [-0.15, -0.1) is 0 Å². The number of carbonyl (C=O) groups is 1. The van der Waals surface area contributed by atoms with E-state index in [1.54, 1.807) is 0 Å². The van der Waals surface area contributed by atoms with Crippen LogP contribution in [0, 0.1) is 0 Å². The molecule has 1 aliphatic carbocycles. The molecule has 22 heavy (non-hydrogen) atoms. The fourth-order valence-electron chi connectivity index (χ4n) is 3.03. The van der Waals surface area contributed by atoms with Crippen LogP contribution < -0.4 is 15.4 Å². The molecule has 5 heteroatoms. The highest BCUT2D eigenvalue weighted by atomic mass is 32.2. The minimum Gasteiger partial charge on any atom is -0.490 e. The first kappa shape index (κ1) is 15.7. The van der Waals surface area contributed by atoms with Crippen molar-refractivity contribution in [2.45, 2.75) is 44.2 Å². The van der Waals surface area contributed by atoms with Crippen molar-refractivity contribution in [3.05, 3.63) is 24.3 Å². The first-order valence-electron chi connectivity index (χ1n) is 8.17. The molecule has 120 valence electrons. The van der Waals surface area contributed by atoms with Gasteiger partial charge >= 0.3 is 0 Å². The van der Waals surface area contributed by atoms with Crippen molar-refractivity contribution in [3.8, 4) is 5.75 Å². The standard InChI is InChI=1S/C17H24N2O2S/c20-17(11-14-12-22-9-8-18-14)19-13-4-3-7-16(10-13)21-15-5-1-2-6-15/h3-4,7,10,14-15,18H,1-2,5-6,8-9,11-12H2,(H,19,20). The minimum atomic E-state index is 0.0676. The van der Waals surface area contributed by atoms with Crippen LogP contribution >= 0.6 is 11.8 Å². The highest BCUT2D eigenvalue weighted by Crippen LogP contribution is 2.25. The Kier molecular flexibility index (Phi) is 5.62. The molecule has 1 saturated carbocycles. The lowest BCUT2D eigenvalue weighted by Gasteiger charge is -2.22. The van der Waals surface area contributed by atoms with Crippen LogP contribution in [-0.4, -0.2) is 36.1 Å². The number of hydrogen-bond acceptors (Lipinski definition) is 4. The van der Waals surface area contributed by atoms with Crippen LogP contribution in [0.4, 0.5) is 5.69 Å². The molecular weight excluding hydrogens is 296 g/mol. The van der Waals surface area contributed by atoms with E-state index >= 15 is 0 Å². The van der Waals surface area contributed by atoms with E-state index in [9.17, 15) is 4.79 Å². The Morgan fingerprint density at radius 2 is 2.23 bits per heavy atom. The molecule has 1 aromatic carbocycles. The predicted molar refractivity (Wildman–Crippen MR) is 91.7 cm³/mol. The fourth-order valence-corrected chi connectivity index (χ4v) is 3.98. The SMILES string of the molecule is O=C(CC1CSCCN1)Nc1cccc(OC2CCCC2)c1. The second-order valence-electron chi connectivity index (χ2n) is 6.03. The molecule has 2 aliphatic rings. The molecule has 2 N–H and O–H groups in total. The highest BCUT2D eigenvalue weighted by Gasteiger charge is 2.18. The highest BCUT2D eigenvalue weighted by molar-refractivity contribution is 7.99. The third-order valence-corrected chi connectivity index (χ3v) is 5.28. The van der Waals surface area contributed by atoms with Gasteiger partial charge in [-0.2, -0.15) is 11.8 Å². The maximum atomic E-state index is 12.1. The number of rotatable bonds is 5. The summed E-state index contributed by atoms with van der Waals surface area (Å²) >= 11 is 1.91. The van der Waals surface area contributed by atoms with Crippen molar-refractivity contribution in [2.75, 3.05) is 23.4 Å². The molecule has 0 spiro atoms. The molecule has 3 rings (SSSR count). The zero-order chi connectivity index (χ0) is 15.2. The summed E-state index contributed by atoms with van der Waals surface area (Å²) in [5.74, 6) is 3.07. The second kappa shape index (κ2) is 7.88. The van der Waals surface area contributed by atoms with E-state index in [2.05, 4.69) is 10.6 Å². The minimum absolute atomic E-state index is 0.0676. The number of thioether (sulfide) groups is 1. The summed E-state index contributed by atoms with van der Waals surface area (Å²) in [5, 5.41) is 6.38. The average Bonchev–Trinajstić information content (AvgIpc) is 3.01. The first-order valence-corrected chi connectivity index (χ1v) is 9.33. The molecule has 1 aromatic rings. The molecule has 0 radical (unpaired) electrons. The Labute approximate surface area is 136 Å². The average molecular weight is 320 g/mol. The molecule has 1 aliphatic heterocycles. The predicted octanol–water partition coefficient (Wildman–Crippen LogP) is 3.04. The summed E-state index contributed by atoms with van der Waals surface area (Å²) in [6.45, 7) is 0.993. The maximum Gasteiger partial charge on any atom is 0.225 e. The lowest BCUT2D eigenvalue weighted by molar-refractivity contribution is -0.116. The van der Waals surface area contributed by atoms with E-state index in [4.69, 9.17) is 4.74 Å². The van der Waals surface area contributed by atoms with Crippen molar-refractivity contribution in [1.82, 2.24) is 5.32 Å². The third kappa shape index (κ3) is 4.65. The molecule has 0 bridgehead atoms. The summed E-state index contributed by atoms with van der Waals surface area (Å²) in [5.41, 5.74) is 0.823. The number of benzene rings is 1. The molecule has 1 saturated heterocycles. The van der Waals surface area contributed by atoms with Gasteiger partial charge < -0.3 is 15.4 Å². The van der Waals surface area contributed by atoms with Gasteiger partial charge in [-0.25, -0.2) is 0 Å². The van der Waals surface area contributed by atoms with Gasteiger partial charge in [0.15, 0.2) is 0 Å². The Balaban J connectivity index is 1.51. The normalized spacial score (nSPS) is 22.5. The summed E-state index contributed by atoms with van der Waals surface area (Å²) in [7, 11) is 0. The van der Waals surface area contributed by atoms with Crippen LogP contribution in [0.3, 0.4) is 0 Å². The van der Waals surface area contributed by atoms with Crippen molar-refractivity contribution in [1.29, 1.82) is 0 Å². The second-order valence-corrected chi connectivity index (χ2v) is 7.18. The number of hydrogen-bond donors (Lipinski definition) is 2. The van der Waals surface area contributed by atoms with Crippen molar-refractivity contribution in [2.24, 2.45) is 0 Å². The molecule has 1 heterocycles. The van der Waals surface area contributed by atoms with Crippen LogP contribution in [0.5, 0.6) is 5.75 Å². The largest absolute Gasteiger partial charge is 0.490 e. The van der Waals surface area contributed by atoms with E-state index < -0.39 is 0 Å². The topological polar surface area (TPSA) is 50.4 Å². The lowest BCUT2D eigenvalue weighted by atomic mass is 10.2.